The second-order valence-corrected chi connectivity index (χ2v) is 5.68. The number of nitrogens with one attached hydrogen (secondary N) is 1. The summed E-state index contributed by atoms with van der Waals surface area (Å²) in [6.45, 7) is 0. The Morgan fingerprint density at radius 1 is 1.13 bits per heavy atom. The molecular weight excluding hydrogens is 315 g/mol. The van der Waals surface area contributed by atoms with E-state index in [2.05, 4.69) is 14.9 Å². The number of aromatic nitrogens is 2. The molecule has 2 heterocycles. The van der Waals surface area contributed by atoms with Crippen molar-refractivity contribution < 1.29 is 9.18 Å². The number of amides is 1. The van der Waals surface area contributed by atoms with E-state index in [9.17, 15) is 9.18 Å². The number of fused-ring (bicyclic) bond motifs is 1. The van der Waals surface area contributed by atoms with E-state index in [0.717, 1.165) is 5.69 Å². The molecule has 114 valence electrons. The fraction of sp³-hybridized carbons (Fsp3) is 0.0625. The number of anilines is 2. The van der Waals surface area contributed by atoms with Gasteiger partial charge in [-0.1, -0.05) is 16.6 Å². The zero-order chi connectivity index (χ0) is 15.8. The minimum atomic E-state index is -0.485. The van der Waals surface area contributed by atoms with Crippen LogP contribution in [0.4, 0.5) is 15.8 Å². The van der Waals surface area contributed by atoms with E-state index >= 15 is 0 Å². The van der Waals surface area contributed by atoms with Gasteiger partial charge in [-0.25, -0.2) is 4.39 Å². The van der Waals surface area contributed by atoms with Crippen LogP contribution in [0, 0.1) is 5.82 Å². The molecule has 1 aliphatic rings. The maximum Gasteiger partial charge on any atom is 0.262 e. The second kappa shape index (κ2) is 5.44. The Hall–Kier alpha value is -2.80. The van der Waals surface area contributed by atoms with Crippen LogP contribution in [-0.4, -0.2) is 15.5 Å². The fourth-order valence-corrected chi connectivity index (χ4v) is 3.09. The Balaban J connectivity index is 1.85. The summed E-state index contributed by atoms with van der Waals surface area (Å²) in [5.41, 5.74) is 2.55. The number of carbonyl (C=O) groups is 1. The molecule has 0 aliphatic carbocycles. The minimum Gasteiger partial charge on any atom is -0.359 e. The Kier molecular flexibility index (Phi) is 3.27. The molecule has 1 amide bonds. The lowest BCUT2D eigenvalue weighted by molar-refractivity contribution is 0.0974. The number of carbonyl (C=O) groups excluding carboxylic acids is 1. The van der Waals surface area contributed by atoms with Crippen LogP contribution in [0.25, 0.3) is 0 Å². The van der Waals surface area contributed by atoms with E-state index in [1.54, 1.807) is 28.5 Å². The summed E-state index contributed by atoms with van der Waals surface area (Å²) in [7, 11) is 0. The van der Waals surface area contributed by atoms with Crippen molar-refractivity contribution in [3.8, 4) is 0 Å². The third-order valence-corrected chi connectivity index (χ3v) is 4.21. The SMILES string of the molecule is O=C1c2ccccc2NC(c2csnn2)N1c1ccc(F)cc1. The minimum absolute atomic E-state index is 0.163. The maximum atomic E-state index is 13.2. The third kappa shape index (κ3) is 2.35. The van der Waals surface area contributed by atoms with Gasteiger partial charge in [0.15, 0.2) is 6.17 Å². The monoisotopic (exact) mass is 326 g/mol. The van der Waals surface area contributed by atoms with Gasteiger partial charge >= 0.3 is 0 Å². The molecule has 0 saturated carbocycles. The van der Waals surface area contributed by atoms with Crippen molar-refractivity contribution in [1.82, 2.24) is 9.59 Å². The summed E-state index contributed by atoms with van der Waals surface area (Å²) in [6.07, 6.45) is -0.485. The lowest BCUT2D eigenvalue weighted by Crippen LogP contribution is -2.43. The van der Waals surface area contributed by atoms with Gasteiger partial charge in [0.25, 0.3) is 5.91 Å². The zero-order valence-electron chi connectivity index (χ0n) is 11.8. The molecule has 0 spiro atoms. The second-order valence-electron chi connectivity index (χ2n) is 5.07. The average Bonchev–Trinajstić information content (AvgIpc) is 3.10. The van der Waals surface area contributed by atoms with Crippen molar-refractivity contribution in [1.29, 1.82) is 0 Å². The van der Waals surface area contributed by atoms with E-state index in [4.69, 9.17) is 0 Å². The molecule has 1 N–H and O–H groups in total. The van der Waals surface area contributed by atoms with Gasteiger partial charge in [0.2, 0.25) is 0 Å². The average molecular weight is 326 g/mol. The number of rotatable bonds is 2. The van der Waals surface area contributed by atoms with Gasteiger partial charge in [-0.3, -0.25) is 9.69 Å². The predicted molar refractivity (Wildman–Crippen MR) is 85.9 cm³/mol. The highest BCUT2D eigenvalue weighted by Gasteiger charge is 2.35. The normalized spacial score (nSPS) is 16.8. The van der Waals surface area contributed by atoms with Crippen LogP contribution in [0.2, 0.25) is 0 Å². The number of hydrogen-bond donors (Lipinski definition) is 1. The number of benzene rings is 2. The summed E-state index contributed by atoms with van der Waals surface area (Å²) < 4.78 is 17.1. The van der Waals surface area contributed by atoms with Crippen molar-refractivity contribution >= 4 is 28.8 Å². The van der Waals surface area contributed by atoms with Gasteiger partial charge < -0.3 is 5.32 Å². The number of hydrogen-bond acceptors (Lipinski definition) is 5. The van der Waals surface area contributed by atoms with Crippen LogP contribution < -0.4 is 10.2 Å². The topological polar surface area (TPSA) is 58.1 Å². The first-order valence-corrected chi connectivity index (χ1v) is 7.79. The van der Waals surface area contributed by atoms with Crippen molar-refractivity contribution in [2.24, 2.45) is 0 Å². The Morgan fingerprint density at radius 3 is 2.65 bits per heavy atom. The predicted octanol–water partition coefficient (Wildman–Crippen LogP) is 3.45. The Morgan fingerprint density at radius 2 is 1.91 bits per heavy atom. The van der Waals surface area contributed by atoms with Gasteiger partial charge in [0.05, 0.1) is 5.56 Å². The molecule has 0 saturated heterocycles. The summed E-state index contributed by atoms with van der Waals surface area (Å²) in [4.78, 5) is 14.5. The number of para-hydroxylation sites is 1. The van der Waals surface area contributed by atoms with E-state index in [1.807, 2.05) is 18.2 Å². The van der Waals surface area contributed by atoms with Crippen molar-refractivity contribution in [2.45, 2.75) is 6.17 Å². The first-order valence-electron chi connectivity index (χ1n) is 6.96. The highest BCUT2D eigenvalue weighted by molar-refractivity contribution is 7.03. The van der Waals surface area contributed by atoms with E-state index in [1.165, 1.54) is 23.7 Å². The highest BCUT2D eigenvalue weighted by Crippen LogP contribution is 2.36. The van der Waals surface area contributed by atoms with E-state index < -0.39 is 6.17 Å². The molecule has 0 radical (unpaired) electrons. The smallest absolute Gasteiger partial charge is 0.262 e. The van der Waals surface area contributed by atoms with Crippen molar-refractivity contribution in [3.63, 3.8) is 0 Å². The van der Waals surface area contributed by atoms with Crippen LogP contribution in [0.1, 0.15) is 22.2 Å². The van der Waals surface area contributed by atoms with Gasteiger partial charge in [-0.05, 0) is 47.9 Å². The summed E-state index contributed by atoms with van der Waals surface area (Å²) in [6, 6.07) is 13.1. The molecule has 1 aliphatic heterocycles. The van der Waals surface area contributed by atoms with E-state index in [-0.39, 0.29) is 11.7 Å². The Bertz CT molecular complexity index is 851. The molecule has 23 heavy (non-hydrogen) atoms. The number of nitrogens with zero attached hydrogens (tertiary/aromatic N) is 3. The van der Waals surface area contributed by atoms with Crippen LogP contribution in [0.5, 0.6) is 0 Å². The molecule has 0 fully saturated rings. The molecule has 5 nitrogen and oxygen atoms in total. The van der Waals surface area contributed by atoms with Gasteiger partial charge in [-0.2, -0.15) is 0 Å². The van der Waals surface area contributed by atoms with Gasteiger partial charge in [0, 0.05) is 16.8 Å². The molecule has 1 unspecified atom stereocenters. The summed E-state index contributed by atoms with van der Waals surface area (Å²) in [5, 5.41) is 9.17. The van der Waals surface area contributed by atoms with E-state index in [0.29, 0.717) is 16.9 Å². The molecule has 1 aromatic heterocycles. The molecule has 2 aromatic carbocycles. The van der Waals surface area contributed by atoms with Crippen LogP contribution in [0.3, 0.4) is 0 Å². The largest absolute Gasteiger partial charge is 0.359 e. The summed E-state index contributed by atoms with van der Waals surface area (Å²) in [5.74, 6) is -0.512. The van der Waals surface area contributed by atoms with Crippen molar-refractivity contribution in [2.75, 3.05) is 10.2 Å². The lowest BCUT2D eigenvalue weighted by Gasteiger charge is -2.36. The van der Waals surface area contributed by atoms with Crippen molar-refractivity contribution in [3.05, 3.63) is 71.0 Å². The standard InChI is InChI=1S/C16H11FN4OS/c17-10-5-7-11(8-6-10)21-15(14-9-23-20-19-14)18-13-4-2-1-3-12(13)16(21)22/h1-9,15,18H. The lowest BCUT2D eigenvalue weighted by atomic mass is 10.1. The van der Waals surface area contributed by atoms with Crippen LogP contribution in [0.15, 0.2) is 53.9 Å². The fourth-order valence-electron chi connectivity index (χ4n) is 2.62. The number of halogens is 1. The first kappa shape index (κ1) is 13.8. The molecule has 1 atom stereocenters. The first-order chi connectivity index (χ1) is 11.2. The Labute approximate surface area is 135 Å². The van der Waals surface area contributed by atoms with Crippen LogP contribution >= 0.6 is 11.5 Å². The maximum absolute atomic E-state index is 13.2. The molecule has 7 heteroatoms. The van der Waals surface area contributed by atoms with Crippen LogP contribution in [-0.2, 0) is 0 Å². The van der Waals surface area contributed by atoms with Gasteiger partial charge in [0.1, 0.15) is 11.5 Å². The summed E-state index contributed by atoms with van der Waals surface area (Å²) >= 11 is 1.22. The zero-order valence-corrected chi connectivity index (χ0v) is 12.6. The third-order valence-electron chi connectivity index (χ3n) is 3.69. The molecule has 3 aromatic rings. The molecular formula is C16H11FN4OS. The molecule has 0 bridgehead atoms. The quantitative estimate of drug-likeness (QED) is 0.784. The molecule has 4 rings (SSSR count). The highest BCUT2D eigenvalue weighted by atomic mass is 32.1. The van der Waals surface area contributed by atoms with Gasteiger partial charge in [-0.15, -0.1) is 5.10 Å².